The van der Waals surface area contributed by atoms with Crippen molar-refractivity contribution in [3.63, 3.8) is 0 Å². The van der Waals surface area contributed by atoms with Gasteiger partial charge in [0.25, 0.3) is 0 Å². The van der Waals surface area contributed by atoms with E-state index in [0.29, 0.717) is 18.0 Å². The minimum Gasteiger partial charge on any atom is -0.406 e. The molecule has 1 aliphatic carbocycles. The molecule has 2 N–H and O–H groups in total. The van der Waals surface area contributed by atoms with Crippen molar-refractivity contribution in [2.75, 3.05) is 26.3 Å². The molecule has 1 heterocycles. The molecule has 2 aliphatic rings. The fourth-order valence-electron chi connectivity index (χ4n) is 3.84. The predicted molar refractivity (Wildman–Crippen MR) is 95.8 cm³/mol. The van der Waals surface area contributed by atoms with E-state index >= 15 is 0 Å². The van der Waals surface area contributed by atoms with Crippen molar-refractivity contribution in [1.29, 1.82) is 0 Å². The number of hydrogen-bond acceptors (Lipinski definition) is 4. The number of rotatable bonds is 6. The lowest BCUT2D eigenvalue weighted by atomic mass is 9.94. The molecule has 3 rings (SSSR count). The third kappa shape index (κ3) is 6.30. The molecule has 1 saturated carbocycles. The van der Waals surface area contributed by atoms with Crippen LogP contribution in [0.2, 0.25) is 0 Å². The molecular formula is C18H26ClF3N2O2. The summed E-state index contributed by atoms with van der Waals surface area (Å²) in [4.78, 5) is 0. The van der Waals surface area contributed by atoms with Gasteiger partial charge in [-0.25, -0.2) is 0 Å². The van der Waals surface area contributed by atoms with Crippen LogP contribution < -0.4 is 15.4 Å². The second-order valence-corrected chi connectivity index (χ2v) is 6.73. The molecule has 0 radical (unpaired) electrons. The Morgan fingerprint density at radius 3 is 2.62 bits per heavy atom. The lowest BCUT2D eigenvalue weighted by Gasteiger charge is -2.33. The largest absolute Gasteiger partial charge is 0.573 e. The van der Waals surface area contributed by atoms with Gasteiger partial charge in [-0.3, -0.25) is 0 Å². The zero-order valence-electron chi connectivity index (χ0n) is 14.6. The summed E-state index contributed by atoms with van der Waals surface area (Å²) in [6, 6.07) is 7.01. The number of morpholine rings is 1. The van der Waals surface area contributed by atoms with Gasteiger partial charge >= 0.3 is 6.36 Å². The van der Waals surface area contributed by atoms with E-state index in [1.807, 2.05) is 0 Å². The molecular weight excluding hydrogens is 369 g/mol. The maximum atomic E-state index is 12.2. The van der Waals surface area contributed by atoms with E-state index in [9.17, 15) is 13.2 Å². The maximum Gasteiger partial charge on any atom is 0.573 e. The van der Waals surface area contributed by atoms with E-state index in [1.54, 1.807) is 12.1 Å². The smallest absolute Gasteiger partial charge is 0.406 e. The van der Waals surface area contributed by atoms with Gasteiger partial charge in [-0.15, -0.1) is 25.6 Å². The Kier molecular flexibility index (Phi) is 8.01. The molecule has 4 nitrogen and oxygen atoms in total. The predicted octanol–water partition coefficient (Wildman–Crippen LogP) is 3.30. The van der Waals surface area contributed by atoms with Gasteiger partial charge < -0.3 is 20.1 Å². The van der Waals surface area contributed by atoms with E-state index in [1.165, 1.54) is 31.4 Å². The molecule has 8 heteroatoms. The van der Waals surface area contributed by atoms with Crippen molar-refractivity contribution in [3.05, 3.63) is 29.8 Å². The second kappa shape index (κ2) is 9.78. The van der Waals surface area contributed by atoms with Crippen LogP contribution in [0.5, 0.6) is 5.75 Å². The summed E-state index contributed by atoms with van der Waals surface area (Å²) in [5, 5.41) is 7.18. The average Bonchev–Trinajstić information content (AvgIpc) is 3.04. The van der Waals surface area contributed by atoms with Gasteiger partial charge in [0.05, 0.1) is 13.2 Å². The van der Waals surface area contributed by atoms with E-state index in [-0.39, 0.29) is 18.2 Å². The van der Waals surface area contributed by atoms with Crippen LogP contribution in [-0.2, 0) is 11.2 Å². The van der Waals surface area contributed by atoms with E-state index in [4.69, 9.17) is 4.74 Å². The molecule has 3 unspecified atom stereocenters. The summed E-state index contributed by atoms with van der Waals surface area (Å²) in [5.41, 5.74) is 0.996. The fourth-order valence-corrected chi connectivity index (χ4v) is 3.84. The van der Waals surface area contributed by atoms with Crippen LogP contribution in [-0.4, -0.2) is 44.7 Å². The number of ether oxygens (including phenoxy) is 2. The number of hydrogen-bond donors (Lipinski definition) is 2. The lowest BCUT2D eigenvalue weighted by Crippen LogP contribution is -2.51. The second-order valence-electron chi connectivity index (χ2n) is 6.73. The molecule has 3 atom stereocenters. The summed E-state index contributed by atoms with van der Waals surface area (Å²) < 4.78 is 46.0. The zero-order valence-corrected chi connectivity index (χ0v) is 15.4. The van der Waals surface area contributed by atoms with Gasteiger partial charge in [-0.05, 0) is 49.4 Å². The summed E-state index contributed by atoms with van der Waals surface area (Å²) in [7, 11) is 0. The van der Waals surface area contributed by atoms with Gasteiger partial charge in [0, 0.05) is 18.6 Å². The Labute approximate surface area is 158 Å². The normalized spacial score (nSPS) is 26.3. The first-order valence-electron chi connectivity index (χ1n) is 8.90. The monoisotopic (exact) mass is 394 g/mol. The van der Waals surface area contributed by atoms with Crippen molar-refractivity contribution in [2.24, 2.45) is 5.92 Å². The Hall–Kier alpha value is -1.02. The first-order chi connectivity index (χ1) is 12.0. The molecule has 1 aromatic carbocycles. The summed E-state index contributed by atoms with van der Waals surface area (Å²) in [5.74, 6) is 0.409. The van der Waals surface area contributed by atoms with Crippen LogP contribution in [0.25, 0.3) is 0 Å². The van der Waals surface area contributed by atoms with Gasteiger partial charge in [0.15, 0.2) is 0 Å². The molecule has 148 valence electrons. The molecule has 0 aromatic heterocycles. The van der Waals surface area contributed by atoms with E-state index in [0.717, 1.165) is 38.3 Å². The summed E-state index contributed by atoms with van der Waals surface area (Å²) >= 11 is 0. The summed E-state index contributed by atoms with van der Waals surface area (Å²) in [6.07, 6.45) is -0.255. The Balaban J connectivity index is 0.00000243. The molecule has 1 aliphatic heterocycles. The zero-order chi connectivity index (χ0) is 17.7. The van der Waals surface area contributed by atoms with E-state index in [2.05, 4.69) is 15.4 Å². The number of benzene rings is 1. The minimum absolute atomic E-state index is 0. The first-order valence-corrected chi connectivity index (χ1v) is 8.90. The van der Waals surface area contributed by atoms with Gasteiger partial charge in [-0.1, -0.05) is 18.6 Å². The fraction of sp³-hybridized carbons (Fsp3) is 0.667. The van der Waals surface area contributed by atoms with Crippen molar-refractivity contribution < 1.29 is 22.6 Å². The van der Waals surface area contributed by atoms with Crippen molar-refractivity contribution in [2.45, 2.75) is 44.1 Å². The molecule has 26 heavy (non-hydrogen) atoms. The highest BCUT2D eigenvalue weighted by atomic mass is 35.5. The number of halogens is 4. The number of nitrogens with one attached hydrogen (secondary N) is 2. The standard InChI is InChI=1S/C18H25F3N2O2.ClH/c19-18(20,21)25-14-6-4-13(5-7-14)8-9-22-16-3-1-2-15(16)17-12-24-11-10-23-17;/h4-7,15-17,22-23H,1-3,8-12H2;1H. The molecule has 0 amide bonds. The van der Waals surface area contributed by atoms with Crippen LogP contribution in [0.4, 0.5) is 13.2 Å². The first kappa shape index (κ1) is 21.3. The van der Waals surface area contributed by atoms with Crippen LogP contribution in [0.1, 0.15) is 24.8 Å². The highest BCUT2D eigenvalue weighted by molar-refractivity contribution is 5.85. The highest BCUT2D eigenvalue weighted by Gasteiger charge is 2.34. The van der Waals surface area contributed by atoms with Gasteiger partial charge in [0.2, 0.25) is 0 Å². The van der Waals surface area contributed by atoms with Crippen LogP contribution in [0.3, 0.4) is 0 Å². The third-order valence-electron chi connectivity index (χ3n) is 5.01. The van der Waals surface area contributed by atoms with Gasteiger partial charge in [0.1, 0.15) is 5.75 Å². The molecule has 1 aromatic rings. The Morgan fingerprint density at radius 2 is 1.96 bits per heavy atom. The molecule has 1 saturated heterocycles. The van der Waals surface area contributed by atoms with Crippen LogP contribution in [0, 0.1) is 5.92 Å². The van der Waals surface area contributed by atoms with Crippen molar-refractivity contribution in [3.8, 4) is 5.75 Å². The topological polar surface area (TPSA) is 42.5 Å². The van der Waals surface area contributed by atoms with Crippen LogP contribution >= 0.6 is 12.4 Å². The lowest BCUT2D eigenvalue weighted by molar-refractivity contribution is -0.274. The summed E-state index contributed by atoms with van der Waals surface area (Å²) in [6.45, 7) is 3.30. The van der Waals surface area contributed by atoms with Crippen molar-refractivity contribution >= 4 is 12.4 Å². The number of alkyl halides is 3. The SMILES string of the molecule is Cl.FC(F)(F)Oc1ccc(CCNC2CCCC2C2COCCN2)cc1. The molecule has 2 fully saturated rings. The highest BCUT2D eigenvalue weighted by Crippen LogP contribution is 2.29. The van der Waals surface area contributed by atoms with Gasteiger partial charge in [-0.2, -0.15) is 0 Å². The maximum absolute atomic E-state index is 12.2. The molecule has 0 bridgehead atoms. The Bertz CT molecular complexity index is 536. The third-order valence-corrected chi connectivity index (χ3v) is 5.01. The quantitative estimate of drug-likeness (QED) is 0.777. The van der Waals surface area contributed by atoms with Crippen molar-refractivity contribution in [1.82, 2.24) is 10.6 Å². The average molecular weight is 395 g/mol. The Morgan fingerprint density at radius 1 is 1.19 bits per heavy atom. The minimum atomic E-state index is -4.64. The molecule has 0 spiro atoms. The van der Waals surface area contributed by atoms with Crippen LogP contribution in [0.15, 0.2) is 24.3 Å². The van der Waals surface area contributed by atoms with E-state index < -0.39 is 6.36 Å².